The molecule has 1 aromatic carbocycles. The number of hydrogen-bond acceptors (Lipinski definition) is 7. The fraction of sp³-hybridized carbons (Fsp3) is 0.560. The molecule has 0 bridgehead atoms. The number of hydrogen-bond donors (Lipinski definition) is 1. The average molecular weight is 484 g/mol. The van der Waals surface area contributed by atoms with Crippen LogP contribution in [0.2, 0.25) is 0 Å². The second kappa shape index (κ2) is 9.64. The number of rotatable bonds is 6. The molecule has 1 spiro atoms. The molecule has 34 heavy (non-hydrogen) atoms. The molecule has 182 valence electrons. The number of benzene rings is 1. The zero-order chi connectivity index (χ0) is 23.7. The van der Waals surface area contributed by atoms with E-state index in [-0.39, 0.29) is 17.9 Å². The molecule has 9 heteroatoms. The van der Waals surface area contributed by atoms with Crippen LogP contribution in [0.5, 0.6) is 5.75 Å². The average Bonchev–Trinajstić information content (AvgIpc) is 3.41. The van der Waals surface area contributed by atoms with Crippen molar-refractivity contribution in [1.29, 1.82) is 0 Å². The molecule has 1 aliphatic carbocycles. The van der Waals surface area contributed by atoms with E-state index >= 15 is 0 Å². The molecule has 2 atom stereocenters. The smallest absolute Gasteiger partial charge is 0.326 e. The van der Waals surface area contributed by atoms with E-state index in [1.165, 1.54) is 4.90 Å². The Kier molecular flexibility index (Phi) is 6.59. The molecule has 0 unspecified atom stereocenters. The number of carbonyl (C=O) groups excluding carboxylic acids is 2. The van der Waals surface area contributed by atoms with Crippen LogP contribution in [0, 0.1) is 5.92 Å². The van der Waals surface area contributed by atoms with Gasteiger partial charge in [-0.1, -0.05) is 19.8 Å². The number of imide groups is 1. The third-order valence-corrected chi connectivity index (χ3v) is 8.52. The van der Waals surface area contributed by atoms with Crippen LogP contribution in [0.1, 0.15) is 38.3 Å². The molecular weight excluding hydrogens is 450 g/mol. The predicted octanol–water partition coefficient (Wildman–Crippen LogP) is 3.39. The first-order valence-electron chi connectivity index (χ1n) is 12.2. The molecule has 0 radical (unpaired) electrons. The quantitative estimate of drug-likeness (QED) is 0.635. The number of aromatic nitrogens is 1. The Bertz CT molecular complexity index is 1030. The number of piperazine rings is 1. The highest BCUT2D eigenvalue weighted by atomic mass is 32.1. The molecule has 1 N–H and O–H groups in total. The molecule has 3 fully saturated rings. The summed E-state index contributed by atoms with van der Waals surface area (Å²) in [6.45, 7) is 6.72. The fourth-order valence-electron chi connectivity index (χ4n) is 5.39. The lowest BCUT2D eigenvalue weighted by atomic mass is 9.73. The highest BCUT2D eigenvalue weighted by Crippen LogP contribution is 2.38. The molecular formula is C25H33N5O3S. The van der Waals surface area contributed by atoms with Crippen molar-refractivity contribution in [2.45, 2.75) is 44.7 Å². The summed E-state index contributed by atoms with van der Waals surface area (Å²) in [6.07, 6.45) is 3.89. The molecule has 3 aliphatic rings. The highest BCUT2D eigenvalue weighted by molar-refractivity contribution is 7.13. The standard InChI is InChI=1S/C25H33N5O3S/c1-18-5-3-4-10-25(18)23(31)30(24(32)27-25)17-29-13-11-28(12-14-29)15-20-16-34-22(26-20)19-6-8-21(33-2)9-7-19/h6-9,16,18H,3-5,10-15,17H2,1-2H3,(H,27,32)/t18-,25-/m1/s1. The van der Waals surface area contributed by atoms with Crippen LogP contribution in [-0.4, -0.2) is 77.1 Å². The van der Waals surface area contributed by atoms with Crippen molar-refractivity contribution in [3.63, 3.8) is 0 Å². The Labute approximate surface area is 204 Å². The molecule has 1 saturated carbocycles. The second-order valence-electron chi connectivity index (χ2n) is 9.69. The SMILES string of the molecule is COc1ccc(-c2nc(CN3CCN(CN4C(=O)N[C@@]5(CCCC[C@H]5C)C4=O)CC3)cs2)cc1. The summed E-state index contributed by atoms with van der Waals surface area (Å²) in [5.74, 6) is 1.01. The van der Waals surface area contributed by atoms with E-state index < -0.39 is 5.54 Å². The van der Waals surface area contributed by atoms with Gasteiger partial charge in [-0.15, -0.1) is 11.3 Å². The summed E-state index contributed by atoms with van der Waals surface area (Å²) in [7, 11) is 1.67. The third kappa shape index (κ3) is 4.44. The van der Waals surface area contributed by atoms with Crippen LogP contribution in [0.3, 0.4) is 0 Å². The van der Waals surface area contributed by atoms with Gasteiger partial charge in [0.2, 0.25) is 0 Å². The van der Waals surface area contributed by atoms with Gasteiger partial charge in [-0.25, -0.2) is 14.7 Å². The van der Waals surface area contributed by atoms with Gasteiger partial charge in [0.05, 0.1) is 19.5 Å². The lowest BCUT2D eigenvalue weighted by Gasteiger charge is -2.38. The van der Waals surface area contributed by atoms with Gasteiger partial charge in [0.25, 0.3) is 5.91 Å². The summed E-state index contributed by atoms with van der Waals surface area (Å²) in [6, 6.07) is 7.76. The fourth-order valence-corrected chi connectivity index (χ4v) is 6.20. The Morgan fingerprint density at radius 3 is 2.56 bits per heavy atom. The van der Waals surface area contributed by atoms with Gasteiger partial charge in [0.1, 0.15) is 16.3 Å². The van der Waals surface area contributed by atoms with Crippen LogP contribution in [-0.2, 0) is 11.3 Å². The summed E-state index contributed by atoms with van der Waals surface area (Å²) >= 11 is 1.66. The first-order valence-corrected chi connectivity index (χ1v) is 13.0. The monoisotopic (exact) mass is 483 g/mol. The Morgan fingerprint density at radius 1 is 1.12 bits per heavy atom. The van der Waals surface area contributed by atoms with Crippen molar-refractivity contribution in [2.24, 2.45) is 5.92 Å². The first-order chi connectivity index (χ1) is 16.5. The van der Waals surface area contributed by atoms with E-state index in [0.29, 0.717) is 6.67 Å². The number of amides is 3. The van der Waals surface area contributed by atoms with Gasteiger partial charge in [0, 0.05) is 43.7 Å². The molecule has 5 rings (SSSR count). The van der Waals surface area contributed by atoms with E-state index in [2.05, 4.69) is 27.4 Å². The van der Waals surface area contributed by atoms with Crippen molar-refractivity contribution in [3.8, 4) is 16.3 Å². The van der Waals surface area contributed by atoms with Crippen molar-refractivity contribution >= 4 is 23.3 Å². The number of urea groups is 1. The predicted molar refractivity (Wildman–Crippen MR) is 132 cm³/mol. The van der Waals surface area contributed by atoms with Gasteiger partial charge in [0.15, 0.2) is 0 Å². The van der Waals surface area contributed by atoms with E-state index in [1.54, 1.807) is 18.4 Å². The van der Waals surface area contributed by atoms with E-state index in [0.717, 1.165) is 80.4 Å². The van der Waals surface area contributed by atoms with Crippen molar-refractivity contribution in [1.82, 2.24) is 25.0 Å². The molecule has 2 saturated heterocycles. The van der Waals surface area contributed by atoms with Crippen LogP contribution < -0.4 is 10.1 Å². The molecule has 8 nitrogen and oxygen atoms in total. The number of ether oxygens (including phenoxy) is 1. The van der Waals surface area contributed by atoms with Crippen molar-refractivity contribution < 1.29 is 14.3 Å². The van der Waals surface area contributed by atoms with Crippen LogP contribution >= 0.6 is 11.3 Å². The lowest BCUT2D eigenvalue weighted by Crippen LogP contribution is -2.55. The molecule has 3 heterocycles. The van der Waals surface area contributed by atoms with Gasteiger partial charge < -0.3 is 10.1 Å². The Morgan fingerprint density at radius 2 is 1.85 bits per heavy atom. The van der Waals surface area contributed by atoms with Gasteiger partial charge in [-0.2, -0.15) is 0 Å². The second-order valence-corrected chi connectivity index (χ2v) is 10.5. The summed E-state index contributed by atoms with van der Waals surface area (Å²) < 4.78 is 5.24. The normalized spacial score (nSPS) is 26.3. The molecule has 1 aromatic heterocycles. The summed E-state index contributed by atoms with van der Waals surface area (Å²) in [5.41, 5.74) is 1.50. The number of carbonyl (C=O) groups is 2. The zero-order valence-electron chi connectivity index (χ0n) is 20.0. The molecule has 3 amide bonds. The van der Waals surface area contributed by atoms with Crippen LogP contribution in [0.25, 0.3) is 10.6 Å². The van der Waals surface area contributed by atoms with E-state index in [9.17, 15) is 9.59 Å². The highest BCUT2D eigenvalue weighted by Gasteiger charge is 2.55. The lowest BCUT2D eigenvalue weighted by molar-refractivity contribution is -0.136. The third-order valence-electron chi connectivity index (χ3n) is 7.58. The van der Waals surface area contributed by atoms with Gasteiger partial charge in [-0.3, -0.25) is 14.6 Å². The van der Waals surface area contributed by atoms with Crippen molar-refractivity contribution in [3.05, 3.63) is 35.3 Å². The molecule has 2 aliphatic heterocycles. The van der Waals surface area contributed by atoms with Gasteiger partial charge >= 0.3 is 6.03 Å². The maximum Gasteiger partial charge on any atom is 0.326 e. The van der Waals surface area contributed by atoms with Gasteiger partial charge in [-0.05, 0) is 43.0 Å². The summed E-state index contributed by atoms with van der Waals surface area (Å²) in [4.78, 5) is 36.8. The van der Waals surface area contributed by atoms with E-state index in [4.69, 9.17) is 9.72 Å². The minimum atomic E-state index is -0.677. The summed E-state index contributed by atoms with van der Waals surface area (Å²) in [5, 5.41) is 6.20. The van der Waals surface area contributed by atoms with E-state index in [1.807, 2.05) is 24.3 Å². The largest absolute Gasteiger partial charge is 0.497 e. The Balaban J connectivity index is 1.13. The number of methoxy groups -OCH3 is 1. The maximum atomic E-state index is 13.2. The maximum absolute atomic E-state index is 13.2. The minimum absolute atomic E-state index is 0.0272. The molecule has 2 aromatic rings. The van der Waals surface area contributed by atoms with Crippen LogP contribution in [0.15, 0.2) is 29.6 Å². The van der Waals surface area contributed by atoms with Crippen molar-refractivity contribution in [2.75, 3.05) is 40.0 Å². The number of nitrogens with zero attached hydrogens (tertiary/aromatic N) is 4. The topological polar surface area (TPSA) is 78.0 Å². The Hall–Kier alpha value is -2.49. The first kappa shape index (κ1) is 23.3. The zero-order valence-corrected chi connectivity index (χ0v) is 20.8. The van der Waals surface area contributed by atoms with Crippen LogP contribution in [0.4, 0.5) is 4.79 Å². The number of nitrogens with one attached hydrogen (secondary N) is 1. The minimum Gasteiger partial charge on any atom is -0.497 e. The number of thiazole rings is 1.